The highest BCUT2D eigenvalue weighted by atomic mass is 32.2. The molecule has 2 heterocycles. The molecule has 1 aliphatic heterocycles. The van der Waals surface area contributed by atoms with Crippen molar-refractivity contribution in [3.05, 3.63) is 88.8 Å². The van der Waals surface area contributed by atoms with Crippen LogP contribution in [-0.2, 0) is 26.0 Å². The van der Waals surface area contributed by atoms with Gasteiger partial charge in [0.15, 0.2) is 12.4 Å². The van der Waals surface area contributed by atoms with Gasteiger partial charge in [0.25, 0.3) is 10.0 Å². The minimum atomic E-state index is -3.75. The van der Waals surface area contributed by atoms with Crippen LogP contribution in [0.4, 0.5) is 0 Å². The molecule has 0 spiro atoms. The Hall–Kier alpha value is -2.81. The van der Waals surface area contributed by atoms with Crippen molar-refractivity contribution in [2.24, 2.45) is 0 Å². The molecule has 0 saturated heterocycles. The predicted octanol–water partition coefficient (Wildman–Crippen LogP) is 3.85. The molecule has 160 valence electrons. The van der Waals surface area contributed by atoms with Crippen LogP contribution in [0.5, 0.6) is 0 Å². The van der Waals surface area contributed by atoms with Gasteiger partial charge in [0, 0.05) is 12.1 Å². The van der Waals surface area contributed by atoms with Gasteiger partial charge in [0.05, 0.1) is 12.5 Å². The molecule has 0 radical (unpaired) electrons. The first-order chi connectivity index (χ1) is 15.0. The monoisotopic (exact) mass is 455 g/mol. The number of hydrogen-bond donors (Lipinski definition) is 0. The lowest BCUT2D eigenvalue weighted by Gasteiger charge is -2.35. The Labute approximate surface area is 185 Å². The summed E-state index contributed by atoms with van der Waals surface area (Å²) >= 11 is 1.15. The average Bonchev–Trinajstić information content (AvgIpc) is 3.34. The van der Waals surface area contributed by atoms with E-state index in [-0.39, 0.29) is 29.6 Å². The van der Waals surface area contributed by atoms with Gasteiger partial charge in [0.1, 0.15) is 4.21 Å². The summed E-state index contributed by atoms with van der Waals surface area (Å²) < 4.78 is 33.3. The molecule has 0 saturated carbocycles. The van der Waals surface area contributed by atoms with Gasteiger partial charge in [-0.3, -0.25) is 9.59 Å². The van der Waals surface area contributed by atoms with Gasteiger partial charge in [-0.15, -0.1) is 11.3 Å². The number of Topliss-reactive ketones (excluding diaryl/α,β-unsaturated/α-hetero) is 1. The van der Waals surface area contributed by atoms with Crippen molar-refractivity contribution in [1.29, 1.82) is 0 Å². The summed E-state index contributed by atoms with van der Waals surface area (Å²) in [6.07, 6.45) is 0.405. The maximum Gasteiger partial charge on any atom is 0.308 e. The number of rotatable bonds is 7. The van der Waals surface area contributed by atoms with E-state index in [1.807, 2.05) is 24.3 Å². The number of hydrogen-bond acceptors (Lipinski definition) is 6. The summed E-state index contributed by atoms with van der Waals surface area (Å²) in [5.41, 5.74) is 2.26. The van der Waals surface area contributed by atoms with E-state index in [1.165, 1.54) is 4.31 Å². The molecule has 3 aromatic rings. The molecule has 1 aromatic heterocycles. The van der Waals surface area contributed by atoms with E-state index in [0.717, 1.165) is 22.5 Å². The number of benzene rings is 2. The van der Waals surface area contributed by atoms with Crippen LogP contribution in [0.25, 0.3) is 0 Å². The molecular formula is C23H21NO5S2. The molecule has 0 N–H and O–H groups in total. The third-order valence-corrected chi connectivity index (χ3v) is 8.52. The number of carbonyl (C=O) groups excluding carboxylic acids is 2. The Morgan fingerprint density at radius 1 is 1.00 bits per heavy atom. The van der Waals surface area contributed by atoms with Crippen LogP contribution in [0, 0.1) is 0 Å². The Balaban J connectivity index is 1.54. The van der Waals surface area contributed by atoms with Gasteiger partial charge >= 0.3 is 5.97 Å². The van der Waals surface area contributed by atoms with Gasteiger partial charge in [-0.1, -0.05) is 60.7 Å². The Kier molecular flexibility index (Phi) is 6.31. The predicted molar refractivity (Wildman–Crippen MR) is 117 cm³/mol. The first-order valence-electron chi connectivity index (χ1n) is 9.84. The van der Waals surface area contributed by atoms with E-state index in [1.54, 1.807) is 47.8 Å². The number of esters is 1. The van der Waals surface area contributed by atoms with Crippen molar-refractivity contribution in [2.45, 2.75) is 23.1 Å². The molecule has 0 fully saturated rings. The molecule has 6 nitrogen and oxygen atoms in total. The highest BCUT2D eigenvalue weighted by Gasteiger charge is 2.38. The zero-order valence-electron chi connectivity index (χ0n) is 16.6. The van der Waals surface area contributed by atoms with Crippen LogP contribution in [0.1, 0.15) is 33.9 Å². The van der Waals surface area contributed by atoms with E-state index in [0.29, 0.717) is 12.0 Å². The second-order valence-corrected chi connectivity index (χ2v) is 10.2. The maximum atomic E-state index is 13.2. The second-order valence-electron chi connectivity index (χ2n) is 7.17. The molecular weight excluding hydrogens is 434 g/mol. The van der Waals surface area contributed by atoms with Crippen molar-refractivity contribution in [2.75, 3.05) is 13.2 Å². The molecule has 1 atom stereocenters. The first-order valence-corrected chi connectivity index (χ1v) is 12.2. The highest BCUT2D eigenvalue weighted by Crippen LogP contribution is 2.37. The third kappa shape index (κ3) is 4.61. The van der Waals surface area contributed by atoms with Crippen molar-refractivity contribution in [3.8, 4) is 0 Å². The fourth-order valence-corrected chi connectivity index (χ4v) is 6.45. The number of nitrogens with zero attached hydrogens (tertiary/aromatic N) is 1. The van der Waals surface area contributed by atoms with Crippen molar-refractivity contribution < 1.29 is 22.7 Å². The summed E-state index contributed by atoms with van der Waals surface area (Å²) in [5.74, 6) is -0.918. The lowest BCUT2D eigenvalue weighted by Crippen LogP contribution is -2.41. The van der Waals surface area contributed by atoms with E-state index < -0.39 is 22.0 Å². The first kappa shape index (κ1) is 21.4. The highest BCUT2D eigenvalue weighted by molar-refractivity contribution is 7.91. The van der Waals surface area contributed by atoms with Crippen molar-refractivity contribution >= 4 is 33.1 Å². The van der Waals surface area contributed by atoms with Gasteiger partial charge in [-0.2, -0.15) is 4.31 Å². The second kappa shape index (κ2) is 9.13. The van der Waals surface area contributed by atoms with Crippen LogP contribution in [-0.4, -0.2) is 37.6 Å². The summed E-state index contributed by atoms with van der Waals surface area (Å²) in [5, 5.41) is 1.71. The van der Waals surface area contributed by atoms with Crippen molar-refractivity contribution in [1.82, 2.24) is 4.31 Å². The molecule has 2 aromatic carbocycles. The molecule has 4 rings (SSSR count). The number of carbonyl (C=O) groups is 2. The topological polar surface area (TPSA) is 80.8 Å². The SMILES string of the molecule is O=C(C[C@@H]1c2ccccc2CCN1S(=O)(=O)c1cccs1)OCC(=O)c1ccccc1. The van der Waals surface area contributed by atoms with Gasteiger partial charge in [0.2, 0.25) is 0 Å². The average molecular weight is 456 g/mol. The maximum absolute atomic E-state index is 13.2. The molecule has 1 aliphatic rings. The molecule has 0 unspecified atom stereocenters. The number of thiophene rings is 1. The summed E-state index contributed by atoms with van der Waals surface area (Å²) in [6, 6.07) is 18.7. The van der Waals surface area contributed by atoms with Gasteiger partial charge < -0.3 is 4.74 Å². The van der Waals surface area contributed by atoms with E-state index in [9.17, 15) is 18.0 Å². The van der Waals surface area contributed by atoms with E-state index in [2.05, 4.69) is 0 Å². The molecule has 31 heavy (non-hydrogen) atoms. The smallest absolute Gasteiger partial charge is 0.308 e. The molecule has 0 aliphatic carbocycles. The van der Waals surface area contributed by atoms with Gasteiger partial charge in [-0.05, 0) is 29.0 Å². The number of ether oxygens (including phenoxy) is 1. The minimum Gasteiger partial charge on any atom is -0.457 e. The van der Waals surface area contributed by atoms with Crippen LogP contribution >= 0.6 is 11.3 Å². The lowest BCUT2D eigenvalue weighted by molar-refractivity contribution is -0.143. The quantitative estimate of drug-likeness (QED) is 0.399. The molecule has 0 amide bonds. The Morgan fingerprint density at radius 3 is 2.48 bits per heavy atom. The minimum absolute atomic E-state index is 0.163. The van der Waals surface area contributed by atoms with E-state index in [4.69, 9.17) is 4.74 Å². The van der Waals surface area contributed by atoms with E-state index >= 15 is 0 Å². The number of sulfonamides is 1. The largest absolute Gasteiger partial charge is 0.457 e. The standard InChI is InChI=1S/C23H21NO5S2/c25-21(18-8-2-1-3-9-18)16-29-22(26)15-20-19-10-5-4-7-17(19)12-13-24(20)31(27,28)23-11-6-14-30-23/h1-11,14,20H,12-13,15-16H2/t20-/m1/s1. The normalized spacial score (nSPS) is 16.5. The van der Waals surface area contributed by atoms with Crippen molar-refractivity contribution in [3.63, 3.8) is 0 Å². The van der Waals surface area contributed by atoms with Crippen LogP contribution in [0.3, 0.4) is 0 Å². The van der Waals surface area contributed by atoms with Crippen LogP contribution < -0.4 is 0 Å². The lowest BCUT2D eigenvalue weighted by atomic mass is 9.92. The fourth-order valence-electron chi connectivity index (χ4n) is 3.72. The Bertz CT molecular complexity index is 1170. The van der Waals surface area contributed by atoms with Crippen LogP contribution in [0.2, 0.25) is 0 Å². The van der Waals surface area contributed by atoms with Crippen LogP contribution in [0.15, 0.2) is 76.3 Å². The molecule has 8 heteroatoms. The zero-order valence-corrected chi connectivity index (χ0v) is 18.3. The fraction of sp³-hybridized carbons (Fsp3) is 0.217. The summed E-state index contributed by atoms with van der Waals surface area (Å²) in [4.78, 5) is 24.9. The zero-order chi connectivity index (χ0) is 21.8. The number of ketones is 1. The summed E-state index contributed by atoms with van der Waals surface area (Å²) in [7, 11) is -3.75. The molecule has 0 bridgehead atoms. The number of fused-ring (bicyclic) bond motifs is 1. The third-order valence-electron chi connectivity index (χ3n) is 5.24. The Morgan fingerprint density at radius 2 is 1.74 bits per heavy atom. The van der Waals surface area contributed by atoms with Gasteiger partial charge in [-0.25, -0.2) is 8.42 Å². The summed E-state index contributed by atoms with van der Waals surface area (Å²) in [6.45, 7) is -0.104.